The fourth-order valence-corrected chi connectivity index (χ4v) is 26.5. The number of rotatable bonds is 36. The summed E-state index contributed by atoms with van der Waals surface area (Å²) in [5.74, 6) is 1.26. The highest BCUT2D eigenvalue weighted by molar-refractivity contribution is 7.24. The molecule has 2 aliphatic heterocycles. The third-order valence-electron chi connectivity index (χ3n) is 22.7. The molecular formula is C94H110F4N6O8S8. The third kappa shape index (κ3) is 23.7. The van der Waals surface area contributed by atoms with Gasteiger partial charge in [-0.15, -0.1) is 90.7 Å². The van der Waals surface area contributed by atoms with Crippen LogP contribution in [0.15, 0.2) is 72.8 Å². The van der Waals surface area contributed by atoms with Crippen molar-refractivity contribution in [2.45, 2.75) is 232 Å². The largest absolute Gasteiger partial charge is 0.385 e. The SMILES string of the molecule is COCCCCCC(=O)Cc1sc2c(c1-c1nc3cc(F)ccc3s1)CC(C)CC2.COCCCCCC(=O)Cc1sc2c(c1-c1nc3cc(F)ccc3s1)CC(C)NC2.COCCCCCC(=O)Cc1sc2c(c1-c1nc3cc(F)ccc3s1)CCCC2C.COCCCCCC(=O)Cc1sc2c(c1-c1nc3cc(F)ccc3s1)CCNC2C. The molecule has 120 heavy (non-hydrogen) atoms. The van der Waals surface area contributed by atoms with Crippen LogP contribution in [0.2, 0.25) is 0 Å². The van der Waals surface area contributed by atoms with Gasteiger partial charge in [0.2, 0.25) is 0 Å². The van der Waals surface area contributed by atoms with Gasteiger partial charge in [-0.05, 0) is 206 Å². The molecular weight excluding hydrogens is 1670 g/mol. The number of benzene rings is 4. The molecule has 4 atom stereocenters. The van der Waals surface area contributed by atoms with Crippen molar-refractivity contribution in [1.82, 2.24) is 30.6 Å². The molecule has 0 bridgehead atoms. The van der Waals surface area contributed by atoms with E-state index in [1.165, 1.54) is 110 Å². The number of ketones is 4. The number of Topliss-reactive ketones (excluding diaryl/α,β-unsaturated/α-hetero) is 4. The van der Waals surface area contributed by atoms with Gasteiger partial charge in [0.25, 0.3) is 0 Å². The van der Waals surface area contributed by atoms with Gasteiger partial charge < -0.3 is 29.6 Å². The minimum Gasteiger partial charge on any atom is -0.385 e. The van der Waals surface area contributed by atoms with E-state index in [0.29, 0.717) is 103 Å². The summed E-state index contributed by atoms with van der Waals surface area (Å²) in [7, 11) is 6.83. The molecule has 12 aromatic rings. The quantitative estimate of drug-likeness (QED) is 0.0280. The van der Waals surface area contributed by atoms with Gasteiger partial charge in [0.05, 0.1) is 40.9 Å². The van der Waals surface area contributed by atoms with Crippen molar-refractivity contribution in [3.05, 3.63) is 157 Å². The monoisotopic (exact) mass is 1780 g/mol. The predicted octanol–water partition coefficient (Wildman–Crippen LogP) is 24.7. The highest BCUT2D eigenvalue weighted by Crippen LogP contribution is 2.50. The van der Waals surface area contributed by atoms with Crippen LogP contribution in [0.3, 0.4) is 0 Å². The smallest absolute Gasteiger partial charge is 0.138 e. The van der Waals surface area contributed by atoms with Crippen molar-refractivity contribution < 1.29 is 55.7 Å². The highest BCUT2D eigenvalue weighted by Gasteiger charge is 2.33. The Kier molecular flexibility index (Phi) is 33.7. The Bertz CT molecular complexity index is 5160. The lowest BCUT2D eigenvalue weighted by Crippen LogP contribution is -2.32. The lowest BCUT2D eigenvalue weighted by atomic mass is 9.87. The van der Waals surface area contributed by atoms with Crippen LogP contribution >= 0.6 is 90.7 Å². The fraction of sp³-hybridized carbons (Fsp3) is 0.489. The summed E-state index contributed by atoms with van der Waals surface area (Å²) in [5.41, 5.74) is 12.7. The Labute approximate surface area is 734 Å². The third-order valence-corrected chi connectivity index (χ3v) is 32.3. The zero-order chi connectivity index (χ0) is 84.3. The summed E-state index contributed by atoms with van der Waals surface area (Å²) in [4.78, 5) is 79.9. The average molecular weight is 1780 g/mol. The van der Waals surface area contributed by atoms with E-state index >= 15 is 0 Å². The van der Waals surface area contributed by atoms with Crippen LogP contribution in [0.4, 0.5) is 17.6 Å². The standard InChI is InChI=1S/2C24H28FNO2S2.2C23H27FN2O2S2/c1-15-7-6-9-18-22(24-26-19-13-16(25)10-11-20(19)30-24)21(29-23(15)18)14-17(27)8-4-3-5-12-28-2;1-15-7-9-20-18(12-15)23(24-26-19-13-16(25)8-10-21(19)30-24)22(29-20)14-17(27)6-4-3-5-11-28-2;1-14-22-17(9-10-25-14)21(23-26-18-12-15(24)7-8-19(18)30-23)20(29-22)13-16(27)6-4-3-5-11-28-2;1-14-10-17-21(13-25-14)29-20(12-16(27)6-4-3-5-9-28-2)22(17)23-26-18-11-15(24)7-8-19(18)30-23/h10-11,13,15H,3-9,12,14H2,1-2H3;8,10,13,15H,3-7,9,11-12,14H2,1-2H3;7-8,12,14,25H,3-6,9-11,13H2,1-2H3;7-8,11,14,25H,3-6,9-10,12-13H2,1-2H3. The summed E-state index contributed by atoms with van der Waals surface area (Å²) >= 11 is 13.5. The molecule has 640 valence electrons. The number of hydrogen-bond donors (Lipinski definition) is 2. The number of halogens is 4. The van der Waals surface area contributed by atoms with Crippen LogP contribution in [0, 0.1) is 29.2 Å². The molecule has 16 rings (SSSR count). The van der Waals surface area contributed by atoms with Gasteiger partial charge in [0, 0.05) is 210 Å². The molecule has 0 fully saturated rings. The molecule has 0 radical (unpaired) electrons. The maximum absolute atomic E-state index is 13.7. The Balaban J connectivity index is 0.000000138. The van der Waals surface area contributed by atoms with Gasteiger partial charge in [-0.25, -0.2) is 37.5 Å². The first-order chi connectivity index (χ1) is 58.2. The van der Waals surface area contributed by atoms with Gasteiger partial charge in [-0.1, -0.05) is 39.5 Å². The summed E-state index contributed by atoms with van der Waals surface area (Å²) in [5, 5.41) is 10.7. The van der Waals surface area contributed by atoms with E-state index in [4.69, 9.17) is 38.9 Å². The van der Waals surface area contributed by atoms with Crippen LogP contribution in [-0.2, 0) is 102 Å². The van der Waals surface area contributed by atoms with Gasteiger partial charge in [-0.2, -0.15) is 0 Å². The van der Waals surface area contributed by atoms with Crippen LogP contribution in [0.5, 0.6) is 0 Å². The number of carbonyl (C=O) groups is 4. The number of carbonyl (C=O) groups excluding carboxylic acids is 4. The molecule has 4 unspecified atom stereocenters. The number of fused-ring (bicyclic) bond motifs is 8. The highest BCUT2D eigenvalue weighted by atomic mass is 32.1. The van der Waals surface area contributed by atoms with E-state index in [1.807, 2.05) is 0 Å². The minimum absolute atomic E-state index is 0.260. The van der Waals surface area contributed by atoms with Crippen molar-refractivity contribution in [2.24, 2.45) is 5.92 Å². The van der Waals surface area contributed by atoms with Crippen molar-refractivity contribution in [1.29, 1.82) is 0 Å². The van der Waals surface area contributed by atoms with Crippen molar-refractivity contribution >= 4 is 155 Å². The number of hydrogen-bond acceptors (Lipinski definition) is 22. The number of nitrogens with one attached hydrogen (secondary N) is 2. The van der Waals surface area contributed by atoms with Gasteiger partial charge in [0.1, 0.15) is 66.4 Å². The zero-order valence-corrected chi connectivity index (χ0v) is 76.6. The molecule has 4 aromatic carbocycles. The molecule has 0 spiro atoms. The zero-order valence-electron chi connectivity index (χ0n) is 70.1. The van der Waals surface area contributed by atoms with E-state index in [0.717, 1.165) is 229 Å². The molecule has 2 aliphatic carbocycles. The number of aromatic nitrogens is 4. The number of methoxy groups -OCH3 is 4. The van der Waals surface area contributed by atoms with Gasteiger partial charge >= 0.3 is 0 Å². The van der Waals surface area contributed by atoms with E-state index in [1.54, 1.807) is 143 Å². The van der Waals surface area contributed by atoms with E-state index in [9.17, 15) is 36.7 Å². The van der Waals surface area contributed by atoms with Crippen molar-refractivity contribution in [3.63, 3.8) is 0 Å². The summed E-state index contributed by atoms with van der Waals surface area (Å²) in [6.45, 7) is 13.7. The second kappa shape index (κ2) is 44.3. The lowest BCUT2D eigenvalue weighted by Gasteiger charge is -2.20. The Hall–Kier alpha value is -6.60. The maximum atomic E-state index is 13.7. The van der Waals surface area contributed by atoms with E-state index < -0.39 is 0 Å². The summed E-state index contributed by atoms with van der Waals surface area (Å²) < 4.78 is 78.9. The Morgan fingerprint density at radius 1 is 0.392 bits per heavy atom. The predicted molar refractivity (Wildman–Crippen MR) is 490 cm³/mol. The molecule has 26 heteroatoms. The van der Waals surface area contributed by atoms with Crippen LogP contribution < -0.4 is 10.6 Å². The number of aryl methyl sites for hydroxylation is 1. The molecule has 0 amide bonds. The first-order valence-electron chi connectivity index (χ1n) is 42.5. The lowest BCUT2D eigenvalue weighted by molar-refractivity contribution is -0.119. The Morgan fingerprint density at radius 2 is 0.750 bits per heavy atom. The first kappa shape index (κ1) is 91.1. The van der Waals surface area contributed by atoms with E-state index in [-0.39, 0.29) is 40.9 Å². The number of unbranched alkanes of at least 4 members (excludes halogenated alkanes) is 8. The molecule has 14 nitrogen and oxygen atoms in total. The molecule has 2 N–H and O–H groups in total. The van der Waals surface area contributed by atoms with Crippen LogP contribution in [0.25, 0.3) is 83.2 Å². The fourth-order valence-electron chi connectivity index (χ4n) is 16.5. The summed E-state index contributed by atoms with van der Waals surface area (Å²) in [6, 6.07) is 19.8. The normalized spacial score (nSPS) is 16.2. The molecule has 10 heterocycles. The van der Waals surface area contributed by atoms with Crippen molar-refractivity contribution in [3.8, 4) is 42.3 Å². The molecule has 4 aliphatic rings. The van der Waals surface area contributed by atoms with Crippen molar-refractivity contribution in [2.75, 3.05) is 61.4 Å². The number of ether oxygens (including phenoxy) is 4. The number of thiazole rings is 4. The Morgan fingerprint density at radius 3 is 1.15 bits per heavy atom. The topological polar surface area (TPSA) is 181 Å². The van der Waals surface area contributed by atoms with E-state index in [2.05, 4.69) is 38.3 Å². The van der Waals surface area contributed by atoms with Crippen LogP contribution in [0.1, 0.15) is 223 Å². The molecule has 8 aromatic heterocycles. The van der Waals surface area contributed by atoms with Gasteiger partial charge in [0.15, 0.2) is 0 Å². The summed E-state index contributed by atoms with van der Waals surface area (Å²) in [6.07, 6.45) is 24.6. The van der Waals surface area contributed by atoms with Crippen LogP contribution in [-0.4, -0.2) is 111 Å². The molecule has 0 saturated heterocycles. The molecule has 0 saturated carbocycles. The number of thiophene rings is 4. The second-order valence-corrected chi connectivity index (χ2v) is 41.0. The maximum Gasteiger partial charge on any atom is 0.138 e. The second-order valence-electron chi connectivity index (χ2n) is 32.2. The average Bonchev–Trinajstić information content (AvgIpc) is 1.63. The van der Waals surface area contributed by atoms with Gasteiger partial charge in [-0.3, -0.25) is 19.2 Å². The minimum atomic E-state index is -0.270. The first-order valence-corrected chi connectivity index (χ1v) is 49.1. The number of nitrogens with zero attached hydrogens (tertiary/aromatic N) is 4.